The molecule has 0 amide bonds. The normalized spacial score (nSPS) is 19.9. The van der Waals surface area contributed by atoms with Gasteiger partial charge in [0.2, 0.25) is 0 Å². The van der Waals surface area contributed by atoms with Gasteiger partial charge in [0.25, 0.3) is 0 Å². The summed E-state index contributed by atoms with van der Waals surface area (Å²) in [7, 11) is 1.71. The van der Waals surface area contributed by atoms with Crippen LogP contribution >= 0.6 is 11.6 Å². The first-order valence-corrected chi connectivity index (χ1v) is 6.36. The van der Waals surface area contributed by atoms with Crippen LogP contribution in [0.25, 0.3) is 0 Å². The molecule has 1 atom stereocenters. The molecule has 1 fully saturated rings. The van der Waals surface area contributed by atoms with Crippen molar-refractivity contribution >= 4 is 17.3 Å². The van der Waals surface area contributed by atoms with Gasteiger partial charge in [-0.3, -0.25) is 0 Å². The minimum Gasteiger partial charge on any atom is -0.384 e. The Bertz CT molecular complexity index is 386. The summed E-state index contributed by atoms with van der Waals surface area (Å²) in [6.45, 7) is 2.51. The third-order valence-electron chi connectivity index (χ3n) is 3.20. The van der Waals surface area contributed by atoms with Gasteiger partial charge < -0.3 is 9.64 Å². The number of alkyl halides is 1. The fourth-order valence-electron chi connectivity index (χ4n) is 2.31. The topological polar surface area (TPSA) is 12.5 Å². The Kier molecular flexibility index (Phi) is 4.24. The fourth-order valence-corrected chi connectivity index (χ4v) is 2.48. The van der Waals surface area contributed by atoms with E-state index in [0.717, 1.165) is 31.7 Å². The molecule has 0 N–H and O–H groups in total. The van der Waals surface area contributed by atoms with Gasteiger partial charge in [0, 0.05) is 32.0 Å². The van der Waals surface area contributed by atoms with E-state index in [1.165, 1.54) is 6.07 Å². The SMILES string of the molecule is COCC1CCN(c2ccc(CCl)cc2F)C1. The zero-order valence-electron chi connectivity index (χ0n) is 9.96. The van der Waals surface area contributed by atoms with E-state index in [1.54, 1.807) is 7.11 Å². The lowest BCUT2D eigenvalue weighted by molar-refractivity contribution is 0.161. The molecule has 1 unspecified atom stereocenters. The molecule has 1 aliphatic rings. The van der Waals surface area contributed by atoms with Crippen molar-refractivity contribution in [3.63, 3.8) is 0 Å². The maximum Gasteiger partial charge on any atom is 0.146 e. The van der Waals surface area contributed by atoms with Crippen molar-refractivity contribution in [2.75, 3.05) is 31.7 Å². The lowest BCUT2D eigenvalue weighted by Crippen LogP contribution is -2.22. The van der Waals surface area contributed by atoms with E-state index in [1.807, 2.05) is 12.1 Å². The van der Waals surface area contributed by atoms with Gasteiger partial charge in [0.1, 0.15) is 5.82 Å². The maximum atomic E-state index is 13.9. The van der Waals surface area contributed by atoms with Gasteiger partial charge in [0.05, 0.1) is 12.3 Å². The third-order valence-corrected chi connectivity index (χ3v) is 3.50. The highest BCUT2D eigenvalue weighted by Gasteiger charge is 2.24. The summed E-state index contributed by atoms with van der Waals surface area (Å²) in [6.07, 6.45) is 1.06. The van der Waals surface area contributed by atoms with Crippen LogP contribution in [0.1, 0.15) is 12.0 Å². The largest absolute Gasteiger partial charge is 0.384 e. The second kappa shape index (κ2) is 5.69. The first-order valence-electron chi connectivity index (χ1n) is 5.83. The second-order valence-electron chi connectivity index (χ2n) is 4.48. The lowest BCUT2D eigenvalue weighted by Gasteiger charge is -2.19. The third kappa shape index (κ3) is 2.90. The first kappa shape index (κ1) is 12.7. The average molecular weight is 258 g/mol. The molecule has 2 nitrogen and oxygen atoms in total. The number of methoxy groups -OCH3 is 1. The number of nitrogens with zero attached hydrogens (tertiary/aromatic N) is 1. The molecule has 0 spiro atoms. The number of anilines is 1. The van der Waals surface area contributed by atoms with Crippen LogP contribution in [-0.4, -0.2) is 26.8 Å². The quantitative estimate of drug-likeness (QED) is 0.769. The zero-order valence-corrected chi connectivity index (χ0v) is 10.7. The molecule has 0 saturated carbocycles. The number of hydrogen-bond donors (Lipinski definition) is 0. The zero-order chi connectivity index (χ0) is 12.3. The van der Waals surface area contributed by atoms with Gasteiger partial charge >= 0.3 is 0 Å². The molecule has 1 heterocycles. The van der Waals surface area contributed by atoms with Crippen molar-refractivity contribution in [1.82, 2.24) is 0 Å². The molecule has 2 rings (SSSR count). The Morgan fingerprint density at radius 2 is 2.35 bits per heavy atom. The molecular weight excluding hydrogens is 241 g/mol. The first-order chi connectivity index (χ1) is 8.24. The van der Waals surface area contributed by atoms with E-state index in [0.29, 0.717) is 17.5 Å². The summed E-state index contributed by atoms with van der Waals surface area (Å²) in [6, 6.07) is 5.23. The molecule has 1 aliphatic heterocycles. The number of benzene rings is 1. The van der Waals surface area contributed by atoms with Crippen molar-refractivity contribution in [3.8, 4) is 0 Å². The van der Waals surface area contributed by atoms with Gasteiger partial charge in [0.15, 0.2) is 0 Å². The minimum atomic E-state index is -0.179. The molecule has 94 valence electrons. The van der Waals surface area contributed by atoms with Crippen LogP contribution in [0.15, 0.2) is 18.2 Å². The van der Waals surface area contributed by atoms with Crippen molar-refractivity contribution in [3.05, 3.63) is 29.6 Å². The Balaban J connectivity index is 2.08. The van der Waals surface area contributed by atoms with Gasteiger partial charge in [-0.2, -0.15) is 0 Å². The van der Waals surface area contributed by atoms with Gasteiger partial charge in [-0.1, -0.05) is 6.07 Å². The molecule has 1 saturated heterocycles. The molecule has 1 aromatic rings. The van der Waals surface area contributed by atoms with Crippen LogP contribution < -0.4 is 4.90 Å². The van der Waals surface area contributed by atoms with Gasteiger partial charge in [-0.25, -0.2) is 4.39 Å². The Morgan fingerprint density at radius 1 is 1.53 bits per heavy atom. The molecule has 17 heavy (non-hydrogen) atoms. The van der Waals surface area contributed by atoms with Crippen molar-refractivity contribution < 1.29 is 9.13 Å². The highest BCUT2D eigenvalue weighted by Crippen LogP contribution is 2.27. The van der Waals surface area contributed by atoms with E-state index in [9.17, 15) is 4.39 Å². The summed E-state index contributed by atoms with van der Waals surface area (Å²) >= 11 is 5.68. The molecular formula is C13H17ClFNO. The Hall–Kier alpha value is -0.800. The van der Waals surface area contributed by atoms with Crippen LogP contribution in [0.5, 0.6) is 0 Å². The smallest absolute Gasteiger partial charge is 0.146 e. The predicted octanol–water partition coefficient (Wildman–Crippen LogP) is 3.04. The van der Waals surface area contributed by atoms with Crippen LogP contribution in [0, 0.1) is 11.7 Å². The lowest BCUT2D eigenvalue weighted by atomic mass is 10.1. The van der Waals surface area contributed by atoms with E-state index < -0.39 is 0 Å². The predicted molar refractivity (Wildman–Crippen MR) is 68.2 cm³/mol. The van der Waals surface area contributed by atoms with Crippen LogP contribution in [0.2, 0.25) is 0 Å². The molecule has 0 radical (unpaired) electrons. The summed E-state index contributed by atoms with van der Waals surface area (Å²) in [5.74, 6) is 0.678. The number of ether oxygens (including phenoxy) is 1. The summed E-state index contributed by atoms with van der Waals surface area (Å²) < 4.78 is 19.0. The van der Waals surface area contributed by atoms with Crippen LogP contribution in [-0.2, 0) is 10.6 Å². The molecule has 0 aliphatic carbocycles. The molecule has 1 aromatic carbocycles. The van der Waals surface area contributed by atoms with Crippen molar-refractivity contribution in [2.24, 2.45) is 5.92 Å². The minimum absolute atomic E-state index is 0.179. The monoisotopic (exact) mass is 257 g/mol. The van der Waals surface area contributed by atoms with Crippen molar-refractivity contribution in [2.45, 2.75) is 12.3 Å². The summed E-state index contributed by atoms with van der Waals surface area (Å²) in [5.41, 5.74) is 1.50. The summed E-state index contributed by atoms with van der Waals surface area (Å²) in [5, 5.41) is 0. The van der Waals surface area contributed by atoms with Gasteiger partial charge in [-0.15, -0.1) is 11.6 Å². The van der Waals surface area contributed by atoms with Gasteiger partial charge in [-0.05, 0) is 24.1 Å². The molecule has 4 heteroatoms. The maximum absolute atomic E-state index is 13.9. The highest BCUT2D eigenvalue weighted by molar-refractivity contribution is 6.17. The number of rotatable bonds is 4. The number of halogens is 2. The number of hydrogen-bond acceptors (Lipinski definition) is 2. The Labute approximate surface area is 106 Å². The summed E-state index contributed by atoms with van der Waals surface area (Å²) in [4.78, 5) is 2.08. The Morgan fingerprint density at radius 3 is 3.00 bits per heavy atom. The second-order valence-corrected chi connectivity index (χ2v) is 4.74. The highest BCUT2D eigenvalue weighted by atomic mass is 35.5. The average Bonchev–Trinajstić information content (AvgIpc) is 2.78. The standard InChI is InChI=1S/C13H17ClFNO/c1-17-9-11-4-5-16(8-11)13-3-2-10(7-14)6-12(13)15/h2-3,6,11H,4-5,7-9H2,1H3. The molecule has 0 aromatic heterocycles. The van der Waals surface area contributed by atoms with E-state index in [2.05, 4.69) is 4.90 Å². The van der Waals surface area contributed by atoms with E-state index >= 15 is 0 Å². The fraction of sp³-hybridized carbons (Fsp3) is 0.538. The van der Waals surface area contributed by atoms with E-state index in [4.69, 9.17) is 16.3 Å². The van der Waals surface area contributed by atoms with Crippen LogP contribution in [0.4, 0.5) is 10.1 Å². The van der Waals surface area contributed by atoms with Crippen LogP contribution in [0.3, 0.4) is 0 Å². The van der Waals surface area contributed by atoms with E-state index in [-0.39, 0.29) is 5.82 Å². The van der Waals surface area contributed by atoms with Crippen molar-refractivity contribution in [1.29, 1.82) is 0 Å². The molecule has 0 bridgehead atoms.